The van der Waals surface area contributed by atoms with Gasteiger partial charge in [-0.1, -0.05) is 25.5 Å². The molecule has 2 nitrogen and oxygen atoms in total. The summed E-state index contributed by atoms with van der Waals surface area (Å²) >= 11 is 0. The number of aryl methyl sites for hydroxylation is 1. The van der Waals surface area contributed by atoms with Gasteiger partial charge in [0.2, 0.25) is 0 Å². The molecule has 1 aliphatic rings. The molecule has 0 atom stereocenters. The van der Waals surface area contributed by atoms with Crippen molar-refractivity contribution < 1.29 is 4.42 Å². The van der Waals surface area contributed by atoms with Crippen LogP contribution in [0.4, 0.5) is 0 Å². The van der Waals surface area contributed by atoms with E-state index in [2.05, 4.69) is 44.3 Å². The van der Waals surface area contributed by atoms with E-state index >= 15 is 0 Å². The molecular weight excluding hydrogens is 234 g/mol. The second-order valence-electron chi connectivity index (χ2n) is 6.26. The summed E-state index contributed by atoms with van der Waals surface area (Å²) in [6.45, 7) is 7.56. The van der Waals surface area contributed by atoms with Crippen molar-refractivity contribution in [3.8, 4) is 0 Å². The standard InChI is InChI=1S/C17H23NO/c1-11(2)8-14-15-9-12(3)4-7-16(15)19-17(14)10-18-13-5-6-13/h4,7,9,11,13,18H,5-6,8,10H2,1-3H3. The first-order valence-corrected chi connectivity index (χ1v) is 7.38. The topological polar surface area (TPSA) is 25.2 Å². The number of nitrogens with one attached hydrogen (secondary N) is 1. The average Bonchev–Trinajstić information content (AvgIpc) is 3.12. The van der Waals surface area contributed by atoms with Crippen LogP contribution in [0.3, 0.4) is 0 Å². The van der Waals surface area contributed by atoms with Gasteiger partial charge in [-0.3, -0.25) is 0 Å². The van der Waals surface area contributed by atoms with E-state index in [0.717, 1.165) is 30.4 Å². The number of hydrogen-bond donors (Lipinski definition) is 1. The molecule has 1 aromatic heterocycles. The van der Waals surface area contributed by atoms with Crippen molar-refractivity contribution >= 4 is 11.0 Å². The Bertz CT molecular complexity index is 578. The first-order valence-electron chi connectivity index (χ1n) is 7.38. The monoisotopic (exact) mass is 257 g/mol. The second-order valence-corrected chi connectivity index (χ2v) is 6.26. The van der Waals surface area contributed by atoms with Gasteiger partial charge in [-0.15, -0.1) is 0 Å². The summed E-state index contributed by atoms with van der Waals surface area (Å²) in [5.74, 6) is 1.79. The fraction of sp³-hybridized carbons (Fsp3) is 0.529. The van der Waals surface area contributed by atoms with Gasteiger partial charge in [0.25, 0.3) is 0 Å². The van der Waals surface area contributed by atoms with Crippen LogP contribution in [0.2, 0.25) is 0 Å². The van der Waals surface area contributed by atoms with Gasteiger partial charge in [0.1, 0.15) is 11.3 Å². The Kier molecular flexibility index (Phi) is 3.36. The SMILES string of the molecule is Cc1ccc2oc(CNC3CC3)c(CC(C)C)c2c1. The first kappa shape index (κ1) is 12.7. The molecule has 2 heteroatoms. The van der Waals surface area contributed by atoms with Crippen LogP contribution in [-0.2, 0) is 13.0 Å². The van der Waals surface area contributed by atoms with E-state index in [1.54, 1.807) is 0 Å². The number of hydrogen-bond acceptors (Lipinski definition) is 2. The Morgan fingerprint density at radius 3 is 2.79 bits per heavy atom. The summed E-state index contributed by atoms with van der Waals surface area (Å²) in [6.07, 6.45) is 3.73. The third-order valence-electron chi connectivity index (χ3n) is 3.77. The average molecular weight is 257 g/mol. The van der Waals surface area contributed by atoms with Crippen LogP contribution in [0.1, 0.15) is 43.6 Å². The summed E-state index contributed by atoms with van der Waals surface area (Å²) in [4.78, 5) is 0. The molecule has 1 aliphatic carbocycles. The van der Waals surface area contributed by atoms with E-state index in [4.69, 9.17) is 4.42 Å². The van der Waals surface area contributed by atoms with Crippen LogP contribution >= 0.6 is 0 Å². The van der Waals surface area contributed by atoms with Crippen LogP contribution in [0.5, 0.6) is 0 Å². The molecule has 1 heterocycles. The van der Waals surface area contributed by atoms with Crippen molar-refractivity contribution in [1.29, 1.82) is 0 Å². The lowest BCUT2D eigenvalue weighted by Crippen LogP contribution is -2.16. The van der Waals surface area contributed by atoms with Crippen molar-refractivity contribution in [2.24, 2.45) is 5.92 Å². The summed E-state index contributed by atoms with van der Waals surface area (Å²) in [7, 11) is 0. The van der Waals surface area contributed by atoms with E-state index in [-0.39, 0.29) is 0 Å². The maximum atomic E-state index is 6.07. The molecule has 19 heavy (non-hydrogen) atoms. The molecule has 102 valence electrons. The molecule has 1 aromatic carbocycles. The Balaban J connectivity index is 1.97. The third kappa shape index (κ3) is 2.84. The largest absolute Gasteiger partial charge is 0.459 e. The fourth-order valence-corrected chi connectivity index (χ4v) is 2.61. The molecule has 0 spiro atoms. The molecular formula is C17H23NO. The van der Waals surface area contributed by atoms with Gasteiger partial charge in [-0.2, -0.15) is 0 Å². The highest BCUT2D eigenvalue weighted by atomic mass is 16.3. The third-order valence-corrected chi connectivity index (χ3v) is 3.77. The summed E-state index contributed by atoms with van der Waals surface area (Å²) in [5.41, 5.74) is 3.75. The van der Waals surface area contributed by atoms with Crippen molar-refractivity contribution in [3.63, 3.8) is 0 Å². The van der Waals surface area contributed by atoms with Crippen LogP contribution in [-0.4, -0.2) is 6.04 Å². The minimum atomic E-state index is 0.654. The highest BCUT2D eigenvalue weighted by Crippen LogP contribution is 2.30. The molecule has 0 amide bonds. The number of benzene rings is 1. The Labute approximate surface area is 115 Å². The maximum absolute atomic E-state index is 6.07. The van der Waals surface area contributed by atoms with E-state index in [1.165, 1.54) is 29.4 Å². The summed E-state index contributed by atoms with van der Waals surface area (Å²) in [6, 6.07) is 7.22. The second kappa shape index (κ2) is 5.01. The minimum Gasteiger partial charge on any atom is -0.459 e. The number of rotatable bonds is 5. The van der Waals surface area contributed by atoms with Gasteiger partial charge in [0.15, 0.2) is 0 Å². The Morgan fingerprint density at radius 1 is 1.32 bits per heavy atom. The lowest BCUT2D eigenvalue weighted by atomic mass is 9.99. The molecule has 0 bridgehead atoms. The van der Waals surface area contributed by atoms with Gasteiger partial charge in [-0.05, 0) is 44.2 Å². The number of furan rings is 1. The van der Waals surface area contributed by atoms with Crippen molar-refractivity contribution in [1.82, 2.24) is 5.32 Å². The molecule has 1 fully saturated rings. The zero-order valence-electron chi connectivity index (χ0n) is 12.1. The molecule has 2 aromatic rings. The van der Waals surface area contributed by atoms with Crippen molar-refractivity contribution in [3.05, 3.63) is 35.1 Å². The van der Waals surface area contributed by atoms with Gasteiger partial charge >= 0.3 is 0 Å². The summed E-state index contributed by atoms with van der Waals surface area (Å²) in [5, 5.41) is 4.88. The zero-order valence-corrected chi connectivity index (χ0v) is 12.1. The molecule has 1 saturated carbocycles. The first-order chi connectivity index (χ1) is 9.13. The minimum absolute atomic E-state index is 0.654. The Morgan fingerprint density at radius 2 is 2.11 bits per heavy atom. The van der Waals surface area contributed by atoms with E-state index in [1.807, 2.05) is 0 Å². The van der Waals surface area contributed by atoms with Gasteiger partial charge in [-0.25, -0.2) is 0 Å². The lowest BCUT2D eigenvalue weighted by molar-refractivity contribution is 0.500. The van der Waals surface area contributed by atoms with Crippen molar-refractivity contribution in [2.45, 2.75) is 52.6 Å². The predicted octanol–water partition coefficient (Wildman–Crippen LogP) is 4.19. The van der Waals surface area contributed by atoms with E-state index in [9.17, 15) is 0 Å². The predicted molar refractivity (Wildman–Crippen MR) is 79.4 cm³/mol. The molecule has 0 saturated heterocycles. The lowest BCUT2D eigenvalue weighted by Gasteiger charge is -2.07. The molecule has 0 aliphatic heterocycles. The van der Waals surface area contributed by atoms with Gasteiger partial charge in [0, 0.05) is 17.0 Å². The van der Waals surface area contributed by atoms with Crippen LogP contribution in [0, 0.1) is 12.8 Å². The van der Waals surface area contributed by atoms with E-state index in [0.29, 0.717) is 5.92 Å². The highest BCUT2D eigenvalue weighted by Gasteiger charge is 2.22. The molecule has 1 N–H and O–H groups in total. The highest BCUT2D eigenvalue weighted by molar-refractivity contribution is 5.83. The quantitative estimate of drug-likeness (QED) is 0.868. The molecule has 0 radical (unpaired) electrons. The fourth-order valence-electron chi connectivity index (χ4n) is 2.61. The van der Waals surface area contributed by atoms with Crippen molar-refractivity contribution in [2.75, 3.05) is 0 Å². The number of fused-ring (bicyclic) bond motifs is 1. The van der Waals surface area contributed by atoms with E-state index < -0.39 is 0 Å². The smallest absolute Gasteiger partial charge is 0.134 e. The maximum Gasteiger partial charge on any atom is 0.134 e. The normalized spacial score (nSPS) is 15.6. The molecule has 3 rings (SSSR count). The zero-order chi connectivity index (χ0) is 13.4. The van der Waals surface area contributed by atoms with Crippen LogP contribution in [0.15, 0.2) is 22.6 Å². The summed E-state index contributed by atoms with van der Waals surface area (Å²) < 4.78 is 6.07. The Hall–Kier alpha value is -1.28. The van der Waals surface area contributed by atoms with Crippen LogP contribution in [0.25, 0.3) is 11.0 Å². The van der Waals surface area contributed by atoms with Crippen LogP contribution < -0.4 is 5.32 Å². The molecule has 0 unspecified atom stereocenters. The van der Waals surface area contributed by atoms with Gasteiger partial charge in [0.05, 0.1) is 6.54 Å². The van der Waals surface area contributed by atoms with Gasteiger partial charge < -0.3 is 9.73 Å².